The van der Waals surface area contributed by atoms with Crippen LogP contribution < -0.4 is 15.4 Å². The SMILES string of the molecule is C[C@H](N)c1cccc(F)c1N1CCCOc2ccccc21. The zero-order chi connectivity index (χ0) is 14.8. The average Bonchev–Trinajstić information content (AvgIpc) is 2.69. The standard InChI is InChI=1S/C17H19FN2O/c1-12(19)13-6-4-7-14(18)17(13)20-10-5-11-21-16-9-3-2-8-15(16)20/h2-4,6-9,12H,5,10-11,19H2,1H3/t12-/m0/s1. The van der Waals surface area contributed by atoms with Gasteiger partial charge in [0.25, 0.3) is 0 Å². The minimum absolute atomic E-state index is 0.230. The molecular weight excluding hydrogens is 267 g/mol. The highest BCUT2D eigenvalue weighted by Crippen LogP contribution is 2.39. The lowest BCUT2D eigenvalue weighted by atomic mass is 10.0. The summed E-state index contributed by atoms with van der Waals surface area (Å²) in [6.07, 6.45) is 0.835. The van der Waals surface area contributed by atoms with E-state index in [0.717, 1.165) is 23.4 Å². The summed E-state index contributed by atoms with van der Waals surface area (Å²) in [5, 5.41) is 0. The van der Waals surface area contributed by atoms with Crippen LogP contribution in [0.4, 0.5) is 15.8 Å². The number of nitrogens with zero attached hydrogens (tertiary/aromatic N) is 1. The first-order valence-electron chi connectivity index (χ1n) is 7.22. The minimum Gasteiger partial charge on any atom is -0.491 e. The first-order chi connectivity index (χ1) is 10.2. The number of hydrogen-bond donors (Lipinski definition) is 1. The van der Waals surface area contributed by atoms with Gasteiger partial charge < -0.3 is 15.4 Å². The number of halogens is 1. The Bertz CT molecular complexity index is 642. The molecule has 0 saturated carbocycles. The first kappa shape index (κ1) is 13.9. The van der Waals surface area contributed by atoms with Crippen molar-refractivity contribution >= 4 is 11.4 Å². The number of rotatable bonds is 2. The molecule has 1 aliphatic heterocycles. The molecule has 0 radical (unpaired) electrons. The van der Waals surface area contributed by atoms with Gasteiger partial charge in [0.05, 0.1) is 18.0 Å². The van der Waals surface area contributed by atoms with Gasteiger partial charge in [-0.3, -0.25) is 0 Å². The van der Waals surface area contributed by atoms with Gasteiger partial charge in [-0.05, 0) is 37.1 Å². The van der Waals surface area contributed by atoms with Crippen molar-refractivity contribution in [3.8, 4) is 5.75 Å². The first-order valence-corrected chi connectivity index (χ1v) is 7.22. The van der Waals surface area contributed by atoms with Crippen molar-refractivity contribution < 1.29 is 9.13 Å². The van der Waals surface area contributed by atoms with Gasteiger partial charge in [-0.2, -0.15) is 0 Å². The molecule has 0 unspecified atom stereocenters. The fourth-order valence-corrected chi connectivity index (χ4v) is 2.74. The van der Waals surface area contributed by atoms with Gasteiger partial charge in [0.15, 0.2) is 0 Å². The molecule has 2 aromatic carbocycles. The highest BCUT2D eigenvalue weighted by molar-refractivity contribution is 5.72. The average molecular weight is 286 g/mol. The highest BCUT2D eigenvalue weighted by atomic mass is 19.1. The molecule has 0 bridgehead atoms. The van der Waals surface area contributed by atoms with E-state index in [1.165, 1.54) is 6.07 Å². The van der Waals surface area contributed by atoms with Gasteiger partial charge in [-0.1, -0.05) is 24.3 Å². The number of hydrogen-bond acceptors (Lipinski definition) is 3. The molecule has 3 nitrogen and oxygen atoms in total. The summed E-state index contributed by atoms with van der Waals surface area (Å²) < 4.78 is 20.2. The van der Waals surface area contributed by atoms with Crippen LogP contribution >= 0.6 is 0 Å². The van der Waals surface area contributed by atoms with Gasteiger partial charge in [-0.25, -0.2) is 4.39 Å². The molecule has 0 saturated heterocycles. The van der Waals surface area contributed by atoms with Gasteiger partial charge in [-0.15, -0.1) is 0 Å². The number of fused-ring (bicyclic) bond motifs is 1. The summed E-state index contributed by atoms with van der Waals surface area (Å²) in [4.78, 5) is 1.98. The summed E-state index contributed by atoms with van der Waals surface area (Å²) in [5.74, 6) is 0.537. The van der Waals surface area contributed by atoms with E-state index < -0.39 is 0 Å². The van der Waals surface area contributed by atoms with E-state index in [0.29, 0.717) is 18.8 Å². The molecule has 0 amide bonds. The van der Waals surface area contributed by atoms with E-state index in [1.807, 2.05) is 42.2 Å². The van der Waals surface area contributed by atoms with Crippen molar-refractivity contribution in [3.63, 3.8) is 0 Å². The summed E-state index contributed by atoms with van der Waals surface area (Å²) in [6.45, 7) is 3.21. The molecular formula is C17H19FN2O. The van der Waals surface area contributed by atoms with Crippen LogP contribution in [-0.2, 0) is 0 Å². The summed E-state index contributed by atoms with van der Waals surface area (Å²) in [7, 11) is 0. The van der Waals surface area contributed by atoms with E-state index in [-0.39, 0.29) is 11.9 Å². The monoisotopic (exact) mass is 286 g/mol. The predicted octanol–water partition coefficient (Wildman–Crippen LogP) is 3.77. The van der Waals surface area contributed by atoms with Crippen LogP contribution in [-0.4, -0.2) is 13.2 Å². The number of anilines is 2. The third kappa shape index (κ3) is 2.59. The Kier molecular flexibility index (Phi) is 3.80. The Labute approximate surface area is 124 Å². The predicted molar refractivity (Wildman–Crippen MR) is 82.6 cm³/mol. The Hall–Kier alpha value is -2.07. The zero-order valence-corrected chi connectivity index (χ0v) is 12.1. The lowest BCUT2D eigenvalue weighted by Crippen LogP contribution is -2.22. The Morgan fingerprint density at radius 1 is 1.19 bits per heavy atom. The second-order valence-electron chi connectivity index (χ2n) is 5.29. The van der Waals surface area contributed by atoms with Crippen molar-refractivity contribution in [1.29, 1.82) is 0 Å². The summed E-state index contributed by atoms with van der Waals surface area (Å²) in [5.41, 5.74) is 8.29. The van der Waals surface area contributed by atoms with Crippen molar-refractivity contribution in [3.05, 3.63) is 53.8 Å². The van der Waals surface area contributed by atoms with Crippen LogP contribution in [0.15, 0.2) is 42.5 Å². The fourth-order valence-electron chi connectivity index (χ4n) is 2.74. The molecule has 0 aromatic heterocycles. The fraction of sp³-hybridized carbons (Fsp3) is 0.294. The third-order valence-corrected chi connectivity index (χ3v) is 3.72. The summed E-state index contributed by atoms with van der Waals surface area (Å²) in [6, 6.07) is 12.6. The maximum atomic E-state index is 14.5. The second kappa shape index (κ2) is 5.74. The number of nitrogens with two attached hydrogens (primary N) is 1. The third-order valence-electron chi connectivity index (χ3n) is 3.72. The number of para-hydroxylation sites is 3. The van der Waals surface area contributed by atoms with Crippen LogP contribution in [0.5, 0.6) is 5.75 Å². The van der Waals surface area contributed by atoms with Gasteiger partial charge in [0.2, 0.25) is 0 Å². The largest absolute Gasteiger partial charge is 0.491 e. The molecule has 21 heavy (non-hydrogen) atoms. The van der Waals surface area contributed by atoms with E-state index in [2.05, 4.69) is 0 Å². The van der Waals surface area contributed by atoms with Crippen LogP contribution in [0.25, 0.3) is 0 Å². The molecule has 110 valence electrons. The minimum atomic E-state index is -0.249. The van der Waals surface area contributed by atoms with E-state index in [9.17, 15) is 4.39 Å². The zero-order valence-electron chi connectivity index (χ0n) is 12.1. The van der Waals surface area contributed by atoms with Gasteiger partial charge in [0, 0.05) is 12.6 Å². The van der Waals surface area contributed by atoms with E-state index in [1.54, 1.807) is 6.07 Å². The van der Waals surface area contributed by atoms with Crippen molar-refractivity contribution in [2.75, 3.05) is 18.1 Å². The molecule has 2 N–H and O–H groups in total. The van der Waals surface area contributed by atoms with Crippen molar-refractivity contribution in [1.82, 2.24) is 0 Å². The maximum Gasteiger partial charge on any atom is 0.147 e. The molecule has 1 heterocycles. The molecule has 1 aliphatic rings. The molecule has 0 spiro atoms. The Balaban J connectivity index is 2.17. The maximum absolute atomic E-state index is 14.5. The highest BCUT2D eigenvalue weighted by Gasteiger charge is 2.23. The second-order valence-corrected chi connectivity index (χ2v) is 5.29. The number of ether oxygens (including phenoxy) is 1. The molecule has 2 aromatic rings. The molecule has 0 aliphatic carbocycles. The van der Waals surface area contributed by atoms with Gasteiger partial charge in [0.1, 0.15) is 11.6 Å². The van der Waals surface area contributed by atoms with Crippen LogP contribution in [0.2, 0.25) is 0 Å². The van der Waals surface area contributed by atoms with Crippen LogP contribution in [0.3, 0.4) is 0 Å². The smallest absolute Gasteiger partial charge is 0.147 e. The molecule has 0 fully saturated rings. The molecule has 1 atom stereocenters. The van der Waals surface area contributed by atoms with Crippen molar-refractivity contribution in [2.24, 2.45) is 5.73 Å². The molecule has 4 heteroatoms. The lowest BCUT2D eigenvalue weighted by molar-refractivity contribution is 0.322. The van der Waals surface area contributed by atoms with Crippen LogP contribution in [0, 0.1) is 5.82 Å². The number of benzene rings is 2. The van der Waals surface area contributed by atoms with Crippen molar-refractivity contribution in [2.45, 2.75) is 19.4 Å². The summed E-state index contributed by atoms with van der Waals surface area (Å²) >= 11 is 0. The normalized spacial score (nSPS) is 15.9. The Morgan fingerprint density at radius 3 is 2.81 bits per heavy atom. The topological polar surface area (TPSA) is 38.5 Å². The van der Waals surface area contributed by atoms with Gasteiger partial charge >= 0.3 is 0 Å². The quantitative estimate of drug-likeness (QED) is 0.913. The van der Waals surface area contributed by atoms with E-state index >= 15 is 0 Å². The lowest BCUT2D eigenvalue weighted by Gasteiger charge is -2.27. The van der Waals surface area contributed by atoms with E-state index in [4.69, 9.17) is 10.5 Å². The molecule has 3 rings (SSSR count). The Morgan fingerprint density at radius 2 is 2.00 bits per heavy atom. The van der Waals surface area contributed by atoms with Crippen LogP contribution in [0.1, 0.15) is 24.9 Å².